The first-order valence-electron chi connectivity index (χ1n) is 5.28. The van der Waals surface area contributed by atoms with Gasteiger partial charge in [-0.05, 0) is 17.9 Å². The fraction of sp³-hybridized carbons (Fsp3) is 0.231. The second-order valence-electron chi connectivity index (χ2n) is 3.50. The van der Waals surface area contributed by atoms with E-state index in [0.29, 0.717) is 6.61 Å². The SMILES string of the molecule is CCOC(=O)Cc1cncc2ccccc12. The number of esters is 1. The average Bonchev–Trinajstić information content (AvgIpc) is 2.30. The molecule has 16 heavy (non-hydrogen) atoms. The second-order valence-corrected chi connectivity index (χ2v) is 3.50. The van der Waals surface area contributed by atoms with E-state index in [1.54, 1.807) is 19.3 Å². The summed E-state index contributed by atoms with van der Waals surface area (Å²) < 4.78 is 4.93. The normalized spacial score (nSPS) is 10.3. The molecule has 3 heteroatoms. The first kappa shape index (κ1) is 10.6. The van der Waals surface area contributed by atoms with Gasteiger partial charge in [0.1, 0.15) is 0 Å². The summed E-state index contributed by atoms with van der Waals surface area (Å²) in [5.41, 5.74) is 0.913. The molecule has 1 aromatic heterocycles. The molecule has 0 bridgehead atoms. The zero-order valence-electron chi connectivity index (χ0n) is 9.14. The number of fused-ring (bicyclic) bond motifs is 1. The molecule has 0 N–H and O–H groups in total. The van der Waals surface area contributed by atoms with Crippen LogP contribution in [-0.4, -0.2) is 17.6 Å². The lowest BCUT2D eigenvalue weighted by atomic mass is 10.1. The maximum atomic E-state index is 11.4. The number of pyridine rings is 1. The summed E-state index contributed by atoms with van der Waals surface area (Å²) >= 11 is 0. The topological polar surface area (TPSA) is 39.2 Å². The number of nitrogens with zero attached hydrogens (tertiary/aromatic N) is 1. The predicted molar refractivity (Wildman–Crippen MR) is 62.1 cm³/mol. The Morgan fingerprint density at radius 2 is 2.12 bits per heavy atom. The Balaban J connectivity index is 2.33. The van der Waals surface area contributed by atoms with Crippen LogP contribution in [-0.2, 0) is 16.0 Å². The third-order valence-corrected chi connectivity index (χ3v) is 2.39. The standard InChI is InChI=1S/C13H13NO2/c1-2-16-13(15)7-11-9-14-8-10-5-3-4-6-12(10)11/h3-6,8-9H,2,7H2,1H3. The minimum atomic E-state index is -0.208. The lowest BCUT2D eigenvalue weighted by Crippen LogP contribution is -2.08. The third-order valence-electron chi connectivity index (χ3n) is 2.39. The Labute approximate surface area is 94.1 Å². The van der Waals surface area contributed by atoms with Crippen LogP contribution in [0.15, 0.2) is 36.7 Å². The van der Waals surface area contributed by atoms with Gasteiger partial charge in [-0.1, -0.05) is 24.3 Å². The van der Waals surface area contributed by atoms with E-state index in [9.17, 15) is 4.79 Å². The summed E-state index contributed by atoms with van der Waals surface area (Å²) in [4.78, 5) is 15.5. The van der Waals surface area contributed by atoms with E-state index in [1.165, 1.54) is 0 Å². The molecule has 2 rings (SSSR count). The highest BCUT2D eigenvalue weighted by atomic mass is 16.5. The van der Waals surface area contributed by atoms with Gasteiger partial charge in [0.15, 0.2) is 0 Å². The molecule has 0 radical (unpaired) electrons. The molecule has 0 amide bonds. The number of aromatic nitrogens is 1. The Morgan fingerprint density at radius 3 is 2.94 bits per heavy atom. The van der Waals surface area contributed by atoms with Gasteiger partial charge >= 0.3 is 5.97 Å². The fourth-order valence-electron chi connectivity index (χ4n) is 1.69. The molecule has 0 atom stereocenters. The first-order chi connectivity index (χ1) is 7.81. The summed E-state index contributed by atoms with van der Waals surface area (Å²) in [5, 5.41) is 2.11. The van der Waals surface area contributed by atoms with Crippen molar-refractivity contribution < 1.29 is 9.53 Å². The van der Waals surface area contributed by atoms with Gasteiger partial charge in [-0.25, -0.2) is 0 Å². The van der Waals surface area contributed by atoms with Crippen molar-refractivity contribution in [3.63, 3.8) is 0 Å². The van der Waals surface area contributed by atoms with Crippen molar-refractivity contribution in [2.24, 2.45) is 0 Å². The van der Waals surface area contributed by atoms with Gasteiger partial charge in [-0.3, -0.25) is 9.78 Å². The maximum absolute atomic E-state index is 11.4. The average molecular weight is 215 g/mol. The van der Waals surface area contributed by atoms with Gasteiger partial charge in [0.2, 0.25) is 0 Å². The second kappa shape index (κ2) is 4.75. The number of hydrogen-bond donors (Lipinski definition) is 0. The Kier molecular flexibility index (Phi) is 3.15. The molecule has 3 nitrogen and oxygen atoms in total. The van der Waals surface area contributed by atoms with Crippen molar-refractivity contribution in [1.82, 2.24) is 4.98 Å². The summed E-state index contributed by atoms with van der Waals surface area (Å²) in [5.74, 6) is -0.208. The van der Waals surface area contributed by atoms with Crippen molar-refractivity contribution in [2.45, 2.75) is 13.3 Å². The molecule has 1 heterocycles. The number of hydrogen-bond acceptors (Lipinski definition) is 3. The van der Waals surface area contributed by atoms with Crippen LogP contribution in [0.5, 0.6) is 0 Å². The molecule has 2 aromatic rings. The van der Waals surface area contributed by atoms with Crippen molar-refractivity contribution >= 4 is 16.7 Å². The molecule has 0 saturated carbocycles. The minimum absolute atomic E-state index is 0.208. The van der Waals surface area contributed by atoms with Crippen molar-refractivity contribution in [2.75, 3.05) is 6.61 Å². The predicted octanol–water partition coefficient (Wildman–Crippen LogP) is 2.34. The van der Waals surface area contributed by atoms with Crippen molar-refractivity contribution in [3.8, 4) is 0 Å². The maximum Gasteiger partial charge on any atom is 0.310 e. The van der Waals surface area contributed by atoms with E-state index in [0.717, 1.165) is 16.3 Å². The van der Waals surface area contributed by atoms with Gasteiger partial charge in [0.25, 0.3) is 0 Å². The summed E-state index contributed by atoms with van der Waals surface area (Å²) in [6.07, 6.45) is 3.80. The summed E-state index contributed by atoms with van der Waals surface area (Å²) in [6, 6.07) is 7.89. The van der Waals surface area contributed by atoms with Gasteiger partial charge in [-0.2, -0.15) is 0 Å². The van der Waals surface area contributed by atoms with Gasteiger partial charge in [0, 0.05) is 17.8 Å². The first-order valence-corrected chi connectivity index (χ1v) is 5.28. The highest BCUT2D eigenvalue weighted by Crippen LogP contribution is 2.17. The molecule has 82 valence electrons. The Hall–Kier alpha value is -1.90. The smallest absolute Gasteiger partial charge is 0.310 e. The van der Waals surface area contributed by atoms with Crippen LogP contribution >= 0.6 is 0 Å². The monoisotopic (exact) mass is 215 g/mol. The molecular formula is C13H13NO2. The number of rotatable bonds is 3. The van der Waals surface area contributed by atoms with Gasteiger partial charge < -0.3 is 4.74 Å². The van der Waals surface area contributed by atoms with Crippen LogP contribution in [0.1, 0.15) is 12.5 Å². The minimum Gasteiger partial charge on any atom is -0.466 e. The van der Waals surface area contributed by atoms with E-state index in [2.05, 4.69) is 4.98 Å². The fourth-order valence-corrected chi connectivity index (χ4v) is 1.69. The van der Waals surface area contributed by atoms with Gasteiger partial charge in [0.05, 0.1) is 13.0 Å². The summed E-state index contributed by atoms with van der Waals surface area (Å²) in [6.45, 7) is 2.22. The van der Waals surface area contributed by atoms with Crippen LogP contribution in [0.2, 0.25) is 0 Å². The van der Waals surface area contributed by atoms with Crippen LogP contribution in [0.25, 0.3) is 10.8 Å². The molecule has 0 spiro atoms. The molecule has 0 fully saturated rings. The van der Waals surface area contributed by atoms with E-state index < -0.39 is 0 Å². The van der Waals surface area contributed by atoms with E-state index >= 15 is 0 Å². The third kappa shape index (κ3) is 2.19. The molecule has 0 unspecified atom stereocenters. The molecular weight excluding hydrogens is 202 g/mol. The number of benzene rings is 1. The van der Waals surface area contributed by atoms with E-state index in [1.807, 2.05) is 24.3 Å². The highest BCUT2D eigenvalue weighted by molar-refractivity contribution is 5.88. The van der Waals surface area contributed by atoms with E-state index in [4.69, 9.17) is 4.74 Å². The summed E-state index contributed by atoms with van der Waals surface area (Å²) in [7, 11) is 0. The lowest BCUT2D eigenvalue weighted by Gasteiger charge is -2.05. The zero-order valence-corrected chi connectivity index (χ0v) is 9.14. The molecule has 0 aliphatic heterocycles. The quantitative estimate of drug-likeness (QED) is 0.738. The molecule has 0 aliphatic rings. The largest absolute Gasteiger partial charge is 0.466 e. The van der Waals surface area contributed by atoms with Crippen molar-refractivity contribution in [3.05, 3.63) is 42.2 Å². The molecule has 0 aliphatic carbocycles. The van der Waals surface area contributed by atoms with Crippen LogP contribution in [0.3, 0.4) is 0 Å². The highest BCUT2D eigenvalue weighted by Gasteiger charge is 2.07. The van der Waals surface area contributed by atoms with Crippen molar-refractivity contribution in [1.29, 1.82) is 0 Å². The lowest BCUT2D eigenvalue weighted by molar-refractivity contribution is -0.142. The molecule has 1 aromatic carbocycles. The Bertz CT molecular complexity index is 503. The molecule has 0 saturated heterocycles. The Morgan fingerprint density at radius 1 is 1.31 bits per heavy atom. The van der Waals surface area contributed by atoms with Crippen LogP contribution in [0.4, 0.5) is 0 Å². The number of carbonyl (C=O) groups excluding carboxylic acids is 1. The zero-order chi connectivity index (χ0) is 11.4. The van der Waals surface area contributed by atoms with Crippen LogP contribution < -0.4 is 0 Å². The number of ether oxygens (including phenoxy) is 1. The number of carbonyl (C=O) groups is 1. The van der Waals surface area contributed by atoms with E-state index in [-0.39, 0.29) is 12.4 Å². The van der Waals surface area contributed by atoms with Crippen LogP contribution in [0, 0.1) is 0 Å². The van der Waals surface area contributed by atoms with Gasteiger partial charge in [-0.15, -0.1) is 0 Å².